The number of benzene rings is 2. The van der Waals surface area contributed by atoms with Crippen LogP contribution in [-0.2, 0) is 31.3 Å². The van der Waals surface area contributed by atoms with Gasteiger partial charge in [0, 0.05) is 23.4 Å². The average molecular weight is 486 g/mol. The van der Waals surface area contributed by atoms with Crippen LogP contribution in [0.3, 0.4) is 0 Å². The van der Waals surface area contributed by atoms with Crippen molar-refractivity contribution in [3.05, 3.63) is 63.9 Å². The van der Waals surface area contributed by atoms with E-state index in [1.165, 1.54) is 24.3 Å². The number of anilines is 1. The quantitative estimate of drug-likeness (QED) is 0.545. The summed E-state index contributed by atoms with van der Waals surface area (Å²) in [5, 5.41) is 5.04. The van der Waals surface area contributed by atoms with Crippen LogP contribution in [0.5, 0.6) is 0 Å². The van der Waals surface area contributed by atoms with Gasteiger partial charge in [-0.25, -0.2) is 4.39 Å². The summed E-state index contributed by atoms with van der Waals surface area (Å²) in [6.07, 6.45) is 0.257. The van der Waals surface area contributed by atoms with Crippen LogP contribution in [0.25, 0.3) is 0 Å². The summed E-state index contributed by atoms with van der Waals surface area (Å²) in [7, 11) is 0. The number of halogens is 2. The van der Waals surface area contributed by atoms with Crippen molar-refractivity contribution in [2.24, 2.45) is 17.6 Å². The predicted octanol–water partition coefficient (Wildman–Crippen LogP) is 0.947. The molecule has 4 atom stereocenters. The third-order valence-electron chi connectivity index (χ3n) is 7.21. The standard InChI is InChI=1S/C24H22ClFN4O4/c1-11-8-13(25)9-15-20(11)28-23(34)24(15)19-18(16(29-24)6-7-17(27)31)21(32)30(22(19)33)10-12-2-4-14(26)5-3-12/h2-5,8-9,16,18-19,29H,6-7,10H2,1H3,(H2,27,31)(H,28,34)/p+1/t16-,18-,19+,24-/m1/s1. The molecule has 5 rings (SSSR count). The average Bonchev–Trinajstić information content (AvgIpc) is 3.35. The number of imide groups is 1. The Morgan fingerprint density at radius 3 is 2.59 bits per heavy atom. The zero-order valence-electron chi connectivity index (χ0n) is 18.3. The highest BCUT2D eigenvalue weighted by Gasteiger charge is 2.74. The van der Waals surface area contributed by atoms with Gasteiger partial charge in [0.25, 0.3) is 5.91 Å². The van der Waals surface area contributed by atoms with E-state index in [2.05, 4.69) is 5.32 Å². The summed E-state index contributed by atoms with van der Waals surface area (Å²) in [5.74, 6) is -4.03. The molecule has 0 saturated carbocycles. The fraction of sp³-hybridized carbons (Fsp3) is 0.333. The number of primary amides is 1. The van der Waals surface area contributed by atoms with Crippen LogP contribution in [0.2, 0.25) is 5.02 Å². The normalized spacial score (nSPS) is 27.3. The van der Waals surface area contributed by atoms with E-state index in [-0.39, 0.29) is 19.4 Å². The fourth-order valence-electron chi connectivity index (χ4n) is 5.75. The Hall–Kier alpha value is -3.30. The highest BCUT2D eigenvalue weighted by atomic mass is 35.5. The lowest BCUT2D eigenvalue weighted by Crippen LogP contribution is -2.99. The molecule has 2 saturated heterocycles. The molecular weight excluding hydrogens is 463 g/mol. The Bertz CT molecular complexity index is 1250. The maximum absolute atomic E-state index is 13.7. The molecule has 4 amide bonds. The molecule has 176 valence electrons. The number of aryl methyl sites for hydroxylation is 1. The number of nitrogens with zero attached hydrogens (tertiary/aromatic N) is 1. The molecule has 34 heavy (non-hydrogen) atoms. The van der Waals surface area contributed by atoms with Gasteiger partial charge in [-0.1, -0.05) is 23.7 Å². The van der Waals surface area contributed by atoms with Crippen molar-refractivity contribution < 1.29 is 28.9 Å². The summed E-state index contributed by atoms with van der Waals surface area (Å²) in [6.45, 7) is 1.77. The smallest absolute Gasteiger partial charge is 0.291 e. The molecule has 3 heterocycles. The number of carbonyl (C=O) groups is 4. The molecule has 0 aromatic heterocycles. The van der Waals surface area contributed by atoms with Crippen molar-refractivity contribution in [2.45, 2.75) is 37.9 Å². The minimum atomic E-state index is -1.39. The number of hydrogen-bond acceptors (Lipinski definition) is 4. The second-order valence-electron chi connectivity index (χ2n) is 9.20. The molecule has 3 aliphatic rings. The third kappa shape index (κ3) is 3.22. The predicted molar refractivity (Wildman–Crippen MR) is 120 cm³/mol. The zero-order chi connectivity index (χ0) is 24.4. The molecule has 8 nitrogen and oxygen atoms in total. The van der Waals surface area contributed by atoms with Crippen LogP contribution in [0.15, 0.2) is 36.4 Å². The van der Waals surface area contributed by atoms with Crippen molar-refractivity contribution in [1.29, 1.82) is 0 Å². The van der Waals surface area contributed by atoms with E-state index in [9.17, 15) is 23.6 Å². The van der Waals surface area contributed by atoms with E-state index in [0.717, 1.165) is 10.5 Å². The van der Waals surface area contributed by atoms with E-state index >= 15 is 0 Å². The fourth-order valence-corrected chi connectivity index (χ4v) is 6.03. The number of rotatable bonds is 5. The van der Waals surface area contributed by atoms with Crippen LogP contribution in [-0.4, -0.2) is 34.6 Å². The molecule has 0 radical (unpaired) electrons. The first-order valence-corrected chi connectivity index (χ1v) is 11.4. The summed E-state index contributed by atoms with van der Waals surface area (Å²) < 4.78 is 13.3. The maximum Gasteiger partial charge on any atom is 0.291 e. The first-order valence-electron chi connectivity index (χ1n) is 11.0. The van der Waals surface area contributed by atoms with Crippen LogP contribution >= 0.6 is 11.6 Å². The Labute approximate surface area is 199 Å². The summed E-state index contributed by atoms with van der Waals surface area (Å²) >= 11 is 6.33. The highest BCUT2D eigenvalue weighted by molar-refractivity contribution is 6.31. The summed E-state index contributed by atoms with van der Waals surface area (Å²) in [4.78, 5) is 53.4. The van der Waals surface area contributed by atoms with Crippen molar-refractivity contribution in [1.82, 2.24) is 4.90 Å². The van der Waals surface area contributed by atoms with E-state index in [1.807, 2.05) is 6.92 Å². The number of carbonyl (C=O) groups excluding carboxylic acids is 4. The largest absolute Gasteiger partial charge is 0.370 e. The molecule has 1 spiro atoms. The molecular formula is C24H23ClFN4O4+. The highest BCUT2D eigenvalue weighted by Crippen LogP contribution is 2.51. The van der Waals surface area contributed by atoms with Gasteiger partial charge in [0.15, 0.2) is 0 Å². The third-order valence-corrected chi connectivity index (χ3v) is 7.43. The molecule has 2 fully saturated rings. The van der Waals surface area contributed by atoms with Crippen LogP contribution in [0, 0.1) is 24.6 Å². The molecule has 3 aliphatic heterocycles. The van der Waals surface area contributed by atoms with Gasteiger partial charge in [0.05, 0.1) is 12.2 Å². The van der Waals surface area contributed by atoms with Crippen LogP contribution in [0.4, 0.5) is 10.1 Å². The monoisotopic (exact) mass is 485 g/mol. The van der Waals surface area contributed by atoms with Gasteiger partial charge in [0.2, 0.25) is 23.3 Å². The Morgan fingerprint density at radius 2 is 1.91 bits per heavy atom. The summed E-state index contributed by atoms with van der Waals surface area (Å²) in [6, 6.07) is 8.41. The molecule has 10 heteroatoms. The van der Waals surface area contributed by atoms with Crippen molar-refractivity contribution in [2.75, 3.05) is 5.32 Å². The number of hydrogen-bond donors (Lipinski definition) is 3. The molecule has 0 aliphatic carbocycles. The minimum Gasteiger partial charge on any atom is -0.370 e. The van der Waals surface area contributed by atoms with Gasteiger partial charge in [-0.05, 0) is 42.3 Å². The molecule has 2 aromatic carbocycles. The van der Waals surface area contributed by atoms with Gasteiger partial charge in [-0.2, -0.15) is 0 Å². The topological polar surface area (TPSA) is 126 Å². The molecule has 2 aromatic rings. The number of quaternary nitrogens is 1. The molecule has 5 N–H and O–H groups in total. The lowest BCUT2D eigenvalue weighted by atomic mass is 9.76. The Kier molecular flexibility index (Phi) is 5.22. The van der Waals surface area contributed by atoms with Crippen LogP contribution in [0.1, 0.15) is 29.5 Å². The summed E-state index contributed by atoms with van der Waals surface area (Å²) in [5.41, 5.74) is 6.45. The number of likely N-dealkylation sites (tertiary alicyclic amines) is 1. The van der Waals surface area contributed by atoms with Crippen molar-refractivity contribution in [3.63, 3.8) is 0 Å². The minimum absolute atomic E-state index is 0.0168. The second kappa shape index (κ2) is 7.89. The zero-order valence-corrected chi connectivity index (χ0v) is 19.1. The maximum atomic E-state index is 13.7. The molecule has 0 unspecified atom stereocenters. The number of amides is 4. The first-order chi connectivity index (χ1) is 16.1. The Balaban J connectivity index is 1.60. The lowest BCUT2D eigenvalue weighted by Gasteiger charge is -2.26. The van der Waals surface area contributed by atoms with E-state index in [4.69, 9.17) is 17.3 Å². The van der Waals surface area contributed by atoms with Gasteiger partial charge in [-0.3, -0.25) is 24.1 Å². The van der Waals surface area contributed by atoms with Crippen LogP contribution < -0.4 is 16.4 Å². The van der Waals surface area contributed by atoms with E-state index in [1.54, 1.807) is 17.4 Å². The van der Waals surface area contributed by atoms with Gasteiger partial charge in [-0.15, -0.1) is 0 Å². The first kappa shape index (κ1) is 22.5. The van der Waals surface area contributed by atoms with E-state index in [0.29, 0.717) is 21.8 Å². The lowest BCUT2D eigenvalue weighted by molar-refractivity contribution is -0.734. The van der Waals surface area contributed by atoms with E-state index < -0.39 is 52.9 Å². The van der Waals surface area contributed by atoms with Gasteiger partial charge >= 0.3 is 0 Å². The molecule has 0 bridgehead atoms. The Morgan fingerprint density at radius 1 is 1.21 bits per heavy atom. The van der Waals surface area contributed by atoms with Crippen molar-refractivity contribution >= 4 is 40.9 Å². The number of fused-ring (bicyclic) bond motifs is 4. The van der Waals surface area contributed by atoms with Crippen molar-refractivity contribution in [3.8, 4) is 0 Å². The number of nitrogens with two attached hydrogens (primary N) is 2. The van der Waals surface area contributed by atoms with Gasteiger partial charge < -0.3 is 16.4 Å². The number of nitrogens with one attached hydrogen (secondary N) is 1. The SMILES string of the molecule is Cc1cc(Cl)cc2c1NC(=O)[C@@]21[NH2+][C@H](CCC(N)=O)[C@H]2C(=O)N(Cc3ccc(F)cc3)C(=O)[C@H]21. The second-order valence-corrected chi connectivity index (χ2v) is 9.63. The van der Waals surface area contributed by atoms with Gasteiger partial charge in [0.1, 0.15) is 23.7 Å².